The number of rotatable bonds is 3. The van der Waals surface area contributed by atoms with Crippen molar-refractivity contribution >= 4 is 23.3 Å². The summed E-state index contributed by atoms with van der Waals surface area (Å²) in [6.07, 6.45) is 3.94. The van der Waals surface area contributed by atoms with Crippen LogP contribution >= 0.6 is 12.2 Å². The predicted octanol–water partition coefficient (Wildman–Crippen LogP) is 3.12. The Bertz CT molecular complexity index is 701. The Labute approximate surface area is 123 Å². The van der Waals surface area contributed by atoms with Crippen LogP contribution in [0.2, 0.25) is 0 Å². The minimum atomic E-state index is 0.490. The number of methoxy groups -OCH3 is 1. The van der Waals surface area contributed by atoms with E-state index in [1.54, 1.807) is 7.11 Å². The van der Waals surface area contributed by atoms with E-state index >= 15 is 0 Å². The maximum Gasteiger partial charge on any atom is 0.178 e. The lowest BCUT2D eigenvalue weighted by atomic mass is 10.2. The number of nitrogens with one attached hydrogen (secondary N) is 1. The smallest absolute Gasteiger partial charge is 0.178 e. The van der Waals surface area contributed by atoms with E-state index in [9.17, 15) is 0 Å². The molecule has 1 aromatic carbocycles. The van der Waals surface area contributed by atoms with Crippen LogP contribution in [0, 0.1) is 4.77 Å². The first-order valence-electron chi connectivity index (χ1n) is 7.28. The second-order valence-electron chi connectivity index (χ2n) is 5.85. The van der Waals surface area contributed by atoms with Crippen molar-refractivity contribution in [1.82, 2.24) is 14.5 Å². The summed E-state index contributed by atoms with van der Waals surface area (Å²) in [6, 6.07) is 7.44. The quantitative estimate of drug-likeness (QED) is 0.881. The average Bonchev–Trinajstić information content (AvgIpc) is 3.10. The Morgan fingerprint density at radius 3 is 2.85 bits per heavy atom. The summed E-state index contributed by atoms with van der Waals surface area (Å²) < 4.78 is 8.46. The topological polar surface area (TPSA) is 33.2 Å². The monoisotopic (exact) mass is 289 g/mol. The number of imidazole rings is 1. The second-order valence-corrected chi connectivity index (χ2v) is 6.24. The van der Waals surface area contributed by atoms with Crippen molar-refractivity contribution in [2.45, 2.75) is 31.3 Å². The van der Waals surface area contributed by atoms with Crippen LogP contribution in [0.3, 0.4) is 0 Å². The fourth-order valence-electron chi connectivity index (χ4n) is 3.34. The number of fused-ring (bicyclic) bond motifs is 1. The average molecular weight is 289 g/mol. The maximum atomic E-state index is 5.54. The maximum absolute atomic E-state index is 5.54. The Morgan fingerprint density at radius 1 is 1.25 bits per heavy atom. The molecule has 0 radical (unpaired) electrons. The molecule has 0 spiro atoms. The van der Waals surface area contributed by atoms with Crippen molar-refractivity contribution in [3.8, 4) is 5.75 Å². The highest BCUT2D eigenvalue weighted by atomic mass is 32.1. The summed E-state index contributed by atoms with van der Waals surface area (Å²) in [7, 11) is 1.71. The summed E-state index contributed by atoms with van der Waals surface area (Å²) in [4.78, 5) is 5.94. The highest BCUT2D eigenvalue weighted by Gasteiger charge is 2.35. The van der Waals surface area contributed by atoms with E-state index in [1.165, 1.54) is 25.8 Å². The van der Waals surface area contributed by atoms with Crippen LogP contribution in [-0.4, -0.2) is 40.7 Å². The zero-order valence-corrected chi connectivity index (χ0v) is 12.4. The van der Waals surface area contributed by atoms with Crippen molar-refractivity contribution in [2.24, 2.45) is 0 Å². The lowest BCUT2D eigenvalue weighted by Crippen LogP contribution is -2.23. The minimum absolute atomic E-state index is 0.490. The van der Waals surface area contributed by atoms with Gasteiger partial charge in [0.25, 0.3) is 0 Å². The van der Waals surface area contributed by atoms with Gasteiger partial charge in [0.15, 0.2) is 4.77 Å². The summed E-state index contributed by atoms with van der Waals surface area (Å²) in [5, 5.41) is 0. The number of likely N-dealkylation sites (tertiary alicyclic amines) is 1. The molecule has 2 aromatic rings. The van der Waals surface area contributed by atoms with Crippen LogP contribution in [0.5, 0.6) is 5.75 Å². The van der Waals surface area contributed by atoms with Gasteiger partial charge in [0.1, 0.15) is 5.75 Å². The van der Waals surface area contributed by atoms with Gasteiger partial charge in [-0.05, 0) is 43.6 Å². The molecule has 0 amide bonds. The summed E-state index contributed by atoms with van der Waals surface area (Å²) >= 11 is 5.54. The number of nitrogens with zero attached hydrogens (tertiary/aromatic N) is 2. The van der Waals surface area contributed by atoms with Crippen LogP contribution in [-0.2, 0) is 0 Å². The molecule has 2 fully saturated rings. The van der Waals surface area contributed by atoms with Crippen LogP contribution in [0.1, 0.15) is 25.3 Å². The fourth-order valence-corrected chi connectivity index (χ4v) is 3.70. The third kappa shape index (κ3) is 1.96. The number of aromatic amines is 1. The molecule has 1 saturated carbocycles. The molecule has 106 valence electrons. The van der Waals surface area contributed by atoms with Gasteiger partial charge in [0.05, 0.1) is 24.2 Å². The molecule has 2 heterocycles. The molecule has 4 nitrogen and oxygen atoms in total. The highest BCUT2D eigenvalue weighted by Crippen LogP contribution is 2.35. The SMILES string of the molecule is COc1ccc2[nH]c(=S)n(C3CCN(C4CC4)C3)c2c1. The van der Waals surface area contributed by atoms with Crippen LogP contribution in [0.25, 0.3) is 11.0 Å². The summed E-state index contributed by atoms with van der Waals surface area (Å²) in [6.45, 7) is 2.33. The van der Waals surface area contributed by atoms with Crippen molar-refractivity contribution in [1.29, 1.82) is 0 Å². The first-order valence-corrected chi connectivity index (χ1v) is 7.69. The molecule has 1 atom stereocenters. The molecule has 1 N–H and O–H groups in total. The zero-order valence-electron chi connectivity index (χ0n) is 11.6. The number of ether oxygens (including phenoxy) is 1. The fraction of sp³-hybridized carbons (Fsp3) is 0.533. The molecular formula is C15H19N3OS. The van der Waals surface area contributed by atoms with Gasteiger partial charge in [-0.3, -0.25) is 4.90 Å². The van der Waals surface area contributed by atoms with Crippen LogP contribution in [0.15, 0.2) is 18.2 Å². The first kappa shape index (κ1) is 12.4. The Kier molecular flexibility index (Phi) is 2.86. The Morgan fingerprint density at radius 2 is 2.10 bits per heavy atom. The predicted molar refractivity (Wildman–Crippen MR) is 81.9 cm³/mol. The van der Waals surface area contributed by atoms with Gasteiger partial charge in [-0.1, -0.05) is 0 Å². The molecule has 2 aliphatic rings. The van der Waals surface area contributed by atoms with Gasteiger partial charge >= 0.3 is 0 Å². The molecule has 4 rings (SSSR count). The molecule has 1 aliphatic heterocycles. The van der Waals surface area contributed by atoms with E-state index in [4.69, 9.17) is 17.0 Å². The molecule has 1 unspecified atom stereocenters. The zero-order chi connectivity index (χ0) is 13.7. The minimum Gasteiger partial charge on any atom is -0.497 e. The molecule has 1 aromatic heterocycles. The molecular weight excluding hydrogens is 270 g/mol. The standard InChI is InChI=1S/C15H19N3OS/c1-19-12-4-5-13-14(8-12)18(15(20)16-13)11-6-7-17(9-11)10-2-3-10/h4-5,8,10-11H,2-3,6-7,9H2,1H3,(H,16,20). The Hall–Kier alpha value is -1.33. The van der Waals surface area contributed by atoms with Crippen LogP contribution < -0.4 is 4.74 Å². The lowest BCUT2D eigenvalue weighted by Gasteiger charge is -2.16. The highest BCUT2D eigenvalue weighted by molar-refractivity contribution is 7.71. The number of hydrogen-bond acceptors (Lipinski definition) is 3. The second kappa shape index (κ2) is 4.60. The first-order chi connectivity index (χ1) is 9.76. The van der Waals surface area contributed by atoms with Crippen molar-refractivity contribution in [3.05, 3.63) is 23.0 Å². The van der Waals surface area contributed by atoms with Crippen molar-refractivity contribution in [3.63, 3.8) is 0 Å². The van der Waals surface area contributed by atoms with Gasteiger partial charge in [-0.25, -0.2) is 0 Å². The van der Waals surface area contributed by atoms with E-state index in [-0.39, 0.29) is 0 Å². The summed E-state index contributed by atoms with van der Waals surface area (Å²) in [5.74, 6) is 0.886. The lowest BCUT2D eigenvalue weighted by molar-refractivity contribution is 0.314. The van der Waals surface area contributed by atoms with Gasteiger partial charge in [0.2, 0.25) is 0 Å². The number of aromatic nitrogens is 2. The van der Waals surface area contributed by atoms with E-state index < -0.39 is 0 Å². The molecule has 1 aliphatic carbocycles. The molecule has 1 saturated heterocycles. The van der Waals surface area contributed by atoms with E-state index in [1.807, 2.05) is 12.1 Å². The van der Waals surface area contributed by atoms with Gasteiger partial charge in [-0.15, -0.1) is 0 Å². The van der Waals surface area contributed by atoms with E-state index in [2.05, 4.69) is 20.5 Å². The number of hydrogen-bond donors (Lipinski definition) is 1. The van der Waals surface area contributed by atoms with Gasteiger partial charge in [0, 0.05) is 25.2 Å². The molecule has 0 bridgehead atoms. The summed E-state index contributed by atoms with van der Waals surface area (Å²) in [5.41, 5.74) is 2.26. The Balaban J connectivity index is 1.74. The third-order valence-corrected chi connectivity index (χ3v) is 4.85. The third-order valence-electron chi connectivity index (χ3n) is 4.55. The number of benzene rings is 1. The van der Waals surface area contributed by atoms with E-state index in [0.717, 1.165) is 34.1 Å². The van der Waals surface area contributed by atoms with E-state index in [0.29, 0.717) is 6.04 Å². The van der Waals surface area contributed by atoms with Crippen LogP contribution in [0.4, 0.5) is 0 Å². The van der Waals surface area contributed by atoms with Gasteiger partial charge in [-0.2, -0.15) is 0 Å². The van der Waals surface area contributed by atoms with Crippen molar-refractivity contribution in [2.75, 3.05) is 20.2 Å². The number of H-pyrrole nitrogens is 1. The molecule has 5 heteroatoms. The molecule has 20 heavy (non-hydrogen) atoms. The largest absolute Gasteiger partial charge is 0.497 e. The van der Waals surface area contributed by atoms with Gasteiger partial charge < -0.3 is 14.3 Å². The van der Waals surface area contributed by atoms with Crippen molar-refractivity contribution < 1.29 is 4.74 Å². The normalized spacial score (nSPS) is 23.6.